The largest absolute Gasteiger partial charge is 0.481 e. The van der Waals surface area contributed by atoms with E-state index in [2.05, 4.69) is 15.1 Å². The molecule has 0 saturated carbocycles. The highest BCUT2D eigenvalue weighted by Gasteiger charge is 2.19. The van der Waals surface area contributed by atoms with Gasteiger partial charge in [-0.1, -0.05) is 0 Å². The lowest BCUT2D eigenvalue weighted by molar-refractivity contribution is 0.0519. The number of aliphatic hydroxyl groups excluding tert-OH is 1. The van der Waals surface area contributed by atoms with Gasteiger partial charge in [0.25, 0.3) is 0 Å². The molecule has 3 heterocycles. The van der Waals surface area contributed by atoms with E-state index in [-0.39, 0.29) is 18.9 Å². The van der Waals surface area contributed by atoms with Gasteiger partial charge < -0.3 is 14.6 Å². The predicted octanol–water partition coefficient (Wildman–Crippen LogP) is 2.01. The monoisotopic (exact) mass is 354 g/mol. The van der Waals surface area contributed by atoms with E-state index in [1.807, 2.05) is 0 Å². The zero-order valence-corrected chi connectivity index (χ0v) is 14.4. The van der Waals surface area contributed by atoms with Crippen LogP contribution in [-0.4, -0.2) is 44.5 Å². The van der Waals surface area contributed by atoms with Gasteiger partial charge in [0, 0.05) is 18.3 Å². The topological polar surface area (TPSA) is 99.4 Å². The first-order valence-corrected chi connectivity index (χ1v) is 8.00. The van der Waals surface area contributed by atoms with Crippen molar-refractivity contribution in [2.75, 3.05) is 13.7 Å². The Balaban J connectivity index is 2.12. The summed E-state index contributed by atoms with van der Waals surface area (Å²) in [7, 11) is 1.53. The SMILES string of the molecule is CCOC(=O)c1cc(-c2cc(CO)ccn2)n(-c2ccc(OC)nc2)n1. The Hall–Kier alpha value is -3.26. The van der Waals surface area contributed by atoms with Gasteiger partial charge in [-0.2, -0.15) is 5.10 Å². The average molecular weight is 354 g/mol. The highest BCUT2D eigenvalue weighted by molar-refractivity contribution is 5.88. The van der Waals surface area contributed by atoms with Crippen LogP contribution in [0.5, 0.6) is 5.88 Å². The number of carbonyl (C=O) groups is 1. The Kier molecular flexibility index (Phi) is 5.23. The zero-order chi connectivity index (χ0) is 18.5. The molecule has 8 heteroatoms. The van der Waals surface area contributed by atoms with Crippen molar-refractivity contribution in [1.29, 1.82) is 0 Å². The van der Waals surface area contributed by atoms with E-state index in [4.69, 9.17) is 9.47 Å². The number of hydrogen-bond donors (Lipinski definition) is 1. The summed E-state index contributed by atoms with van der Waals surface area (Å²) < 4.78 is 11.7. The zero-order valence-electron chi connectivity index (χ0n) is 14.4. The fraction of sp³-hybridized carbons (Fsp3) is 0.222. The van der Waals surface area contributed by atoms with Crippen molar-refractivity contribution in [1.82, 2.24) is 19.7 Å². The fourth-order valence-electron chi connectivity index (χ4n) is 2.40. The van der Waals surface area contributed by atoms with E-state index in [1.165, 1.54) is 7.11 Å². The highest BCUT2D eigenvalue weighted by Crippen LogP contribution is 2.24. The number of nitrogens with zero attached hydrogens (tertiary/aromatic N) is 4. The molecule has 134 valence electrons. The molecule has 26 heavy (non-hydrogen) atoms. The van der Waals surface area contributed by atoms with E-state index in [0.29, 0.717) is 28.5 Å². The second-order valence-corrected chi connectivity index (χ2v) is 5.31. The van der Waals surface area contributed by atoms with Gasteiger partial charge in [0.05, 0.1) is 43.6 Å². The van der Waals surface area contributed by atoms with Crippen LogP contribution in [0.15, 0.2) is 42.7 Å². The number of aromatic nitrogens is 4. The summed E-state index contributed by atoms with van der Waals surface area (Å²) in [4.78, 5) is 20.6. The van der Waals surface area contributed by atoms with Crippen molar-refractivity contribution in [3.05, 3.63) is 54.0 Å². The maximum atomic E-state index is 12.1. The van der Waals surface area contributed by atoms with E-state index in [0.717, 1.165) is 0 Å². The molecule has 0 saturated heterocycles. The quantitative estimate of drug-likeness (QED) is 0.676. The van der Waals surface area contributed by atoms with Crippen molar-refractivity contribution in [2.24, 2.45) is 0 Å². The molecule has 0 aliphatic rings. The van der Waals surface area contributed by atoms with Gasteiger partial charge in [-0.3, -0.25) is 4.98 Å². The van der Waals surface area contributed by atoms with E-state index in [9.17, 15) is 9.90 Å². The molecule has 0 aliphatic heterocycles. The molecule has 8 nitrogen and oxygen atoms in total. The maximum absolute atomic E-state index is 12.1. The first kappa shape index (κ1) is 17.6. The Bertz CT molecular complexity index is 906. The van der Waals surface area contributed by atoms with Crippen molar-refractivity contribution < 1.29 is 19.4 Å². The second kappa shape index (κ2) is 7.75. The molecule has 3 rings (SSSR count). The van der Waals surface area contributed by atoms with Crippen LogP contribution in [0.1, 0.15) is 23.0 Å². The number of carbonyl (C=O) groups excluding carboxylic acids is 1. The fourth-order valence-corrected chi connectivity index (χ4v) is 2.40. The van der Waals surface area contributed by atoms with Crippen LogP contribution in [0.4, 0.5) is 0 Å². The van der Waals surface area contributed by atoms with Gasteiger partial charge in [0.15, 0.2) is 5.69 Å². The van der Waals surface area contributed by atoms with E-state index < -0.39 is 5.97 Å². The van der Waals surface area contributed by atoms with Gasteiger partial charge in [-0.05, 0) is 30.7 Å². The van der Waals surface area contributed by atoms with Crippen LogP contribution < -0.4 is 4.74 Å². The van der Waals surface area contributed by atoms with Gasteiger partial charge in [0.1, 0.15) is 0 Å². The standard InChI is InChI=1S/C18H18N4O4/c1-3-26-18(24)15-9-16(14-8-12(11-23)6-7-19-14)22(21-15)13-4-5-17(25-2)20-10-13/h4-10,23H,3,11H2,1-2H3. The summed E-state index contributed by atoms with van der Waals surface area (Å²) in [5.41, 5.74) is 2.64. The molecule has 1 N–H and O–H groups in total. The highest BCUT2D eigenvalue weighted by atomic mass is 16.5. The molecular formula is C18H18N4O4. The summed E-state index contributed by atoms with van der Waals surface area (Å²) in [5, 5.41) is 13.7. The molecule has 0 fully saturated rings. The first-order chi connectivity index (χ1) is 12.7. The molecular weight excluding hydrogens is 336 g/mol. The maximum Gasteiger partial charge on any atom is 0.358 e. The van der Waals surface area contributed by atoms with Crippen molar-refractivity contribution in [3.63, 3.8) is 0 Å². The van der Waals surface area contributed by atoms with Gasteiger partial charge in [0.2, 0.25) is 5.88 Å². The summed E-state index contributed by atoms with van der Waals surface area (Å²) in [6.07, 6.45) is 3.18. The number of hydrogen-bond acceptors (Lipinski definition) is 7. The molecule has 0 radical (unpaired) electrons. The molecule has 0 spiro atoms. The molecule has 3 aromatic heterocycles. The summed E-state index contributed by atoms with van der Waals surface area (Å²) >= 11 is 0. The Morgan fingerprint density at radius 3 is 2.73 bits per heavy atom. The minimum absolute atomic E-state index is 0.113. The Morgan fingerprint density at radius 2 is 2.08 bits per heavy atom. The summed E-state index contributed by atoms with van der Waals surface area (Å²) in [6, 6.07) is 8.52. The number of aliphatic hydroxyl groups is 1. The van der Waals surface area contributed by atoms with Crippen LogP contribution >= 0.6 is 0 Å². The second-order valence-electron chi connectivity index (χ2n) is 5.31. The number of pyridine rings is 2. The molecule has 0 atom stereocenters. The average Bonchev–Trinajstić information content (AvgIpc) is 3.14. The predicted molar refractivity (Wildman–Crippen MR) is 93.0 cm³/mol. The summed E-state index contributed by atoms with van der Waals surface area (Å²) in [5.74, 6) is -0.0549. The van der Waals surface area contributed by atoms with Gasteiger partial charge in [-0.25, -0.2) is 14.5 Å². The molecule has 3 aromatic rings. The normalized spacial score (nSPS) is 10.6. The molecule has 0 bridgehead atoms. The van der Waals surface area contributed by atoms with Crippen LogP contribution in [0.2, 0.25) is 0 Å². The number of esters is 1. The Labute approximate surface area is 150 Å². The third kappa shape index (κ3) is 3.55. The first-order valence-electron chi connectivity index (χ1n) is 8.00. The number of ether oxygens (including phenoxy) is 2. The van der Waals surface area contributed by atoms with Crippen molar-refractivity contribution in [2.45, 2.75) is 13.5 Å². The van der Waals surface area contributed by atoms with Gasteiger partial charge >= 0.3 is 5.97 Å². The van der Waals surface area contributed by atoms with Crippen LogP contribution in [0.25, 0.3) is 17.1 Å². The van der Waals surface area contributed by atoms with Crippen molar-refractivity contribution >= 4 is 5.97 Å². The summed E-state index contributed by atoms with van der Waals surface area (Å²) in [6.45, 7) is 1.87. The number of methoxy groups -OCH3 is 1. The lowest BCUT2D eigenvalue weighted by Gasteiger charge is -2.08. The van der Waals surface area contributed by atoms with E-state index in [1.54, 1.807) is 54.3 Å². The third-order valence-corrected chi connectivity index (χ3v) is 3.64. The molecule has 0 aromatic carbocycles. The molecule has 0 aliphatic carbocycles. The minimum Gasteiger partial charge on any atom is -0.481 e. The lowest BCUT2D eigenvalue weighted by Crippen LogP contribution is -2.07. The molecule has 0 amide bonds. The number of rotatable bonds is 6. The third-order valence-electron chi connectivity index (χ3n) is 3.64. The molecule has 0 unspecified atom stereocenters. The van der Waals surface area contributed by atoms with Crippen LogP contribution in [0, 0.1) is 0 Å². The van der Waals surface area contributed by atoms with Gasteiger partial charge in [-0.15, -0.1) is 0 Å². The lowest BCUT2D eigenvalue weighted by atomic mass is 10.2. The Morgan fingerprint density at radius 1 is 1.23 bits per heavy atom. The van der Waals surface area contributed by atoms with Crippen LogP contribution in [-0.2, 0) is 11.3 Å². The van der Waals surface area contributed by atoms with Crippen LogP contribution in [0.3, 0.4) is 0 Å². The smallest absolute Gasteiger partial charge is 0.358 e. The van der Waals surface area contributed by atoms with Crippen molar-refractivity contribution in [3.8, 4) is 23.0 Å². The minimum atomic E-state index is -0.521. The van der Waals surface area contributed by atoms with E-state index >= 15 is 0 Å².